The SMILES string of the molecule is CC(C)C1(C(=O)O)CCN(C(=O)c2cccc(-n3cnnn3)c2)C1. The highest BCUT2D eigenvalue weighted by molar-refractivity contribution is 5.95. The molecule has 1 unspecified atom stereocenters. The molecular weight excluding hydrogens is 310 g/mol. The zero-order valence-corrected chi connectivity index (χ0v) is 13.6. The Morgan fingerprint density at radius 3 is 2.71 bits per heavy atom. The van der Waals surface area contributed by atoms with Gasteiger partial charge in [-0.05, 0) is 41.0 Å². The molecule has 2 heterocycles. The molecular formula is C16H19N5O3. The molecule has 8 heteroatoms. The predicted molar refractivity (Wildman–Crippen MR) is 84.6 cm³/mol. The number of aromatic nitrogens is 4. The number of carbonyl (C=O) groups excluding carboxylic acids is 1. The second kappa shape index (κ2) is 6.03. The molecule has 0 aliphatic carbocycles. The van der Waals surface area contributed by atoms with E-state index >= 15 is 0 Å². The lowest BCUT2D eigenvalue weighted by molar-refractivity contribution is -0.150. The Labute approximate surface area is 139 Å². The number of benzene rings is 1. The van der Waals surface area contributed by atoms with Crippen LogP contribution in [0.3, 0.4) is 0 Å². The zero-order valence-electron chi connectivity index (χ0n) is 13.6. The van der Waals surface area contributed by atoms with E-state index in [0.29, 0.717) is 24.2 Å². The van der Waals surface area contributed by atoms with Crippen LogP contribution in [-0.4, -0.2) is 55.2 Å². The number of tetrazole rings is 1. The summed E-state index contributed by atoms with van der Waals surface area (Å²) in [6.45, 7) is 4.45. The maximum Gasteiger partial charge on any atom is 0.311 e. The highest BCUT2D eigenvalue weighted by Gasteiger charge is 2.48. The molecule has 1 atom stereocenters. The Morgan fingerprint density at radius 2 is 2.12 bits per heavy atom. The van der Waals surface area contributed by atoms with Crippen molar-refractivity contribution in [1.29, 1.82) is 0 Å². The maximum absolute atomic E-state index is 12.8. The van der Waals surface area contributed by atoms with E-state index in [4.69, 9.17) is 0 Å². The summed E-state index contributed by atoms with van der Waals surface area (Å²) >= 11 is 0. The summed E-state index contributed by atoms with van der Waals surface area (Å²) in [6.07, 6.45) is 1.92. The number of hydrogen-bond donors (Lipinski definition) is 1. The molecule has 0 radical (unpaired) electrons. The smallest absolute Gasteiger partial charge is 0.311 e. The van der Waals surface area contributed by atoms with Crippen LogP contribution in [0.15, 0.2) is 30.6 Å². The summed E-state index contributed by atoms with van der Waals surface area (Å²) in [5.41, 5.74) is 0.301. The van der Waals surface area contributed by atoms with Gasteiger partial charge < -0.3 is 10.0 Å². The van der Waals surface area contributed by atoms with Crippen LogP contribution in [-0.2, 0) is 4.79 Å². The highest BCUT2D eigenvalue weighted by Crippen LogP contribution is 2.38. The van der Waals surface area contributed by atoms with Crippen LogP contribution < -0.4 is 0 Å². The van der Waals surface area contributed by atoms with Crippen molar-refractivity contribution in [1.82, 2.24) is 25.1 Å². The topological polar surface area (TPSA) is 101 Å². The van der Waals surface area contributed by atoms with E-state index in [-0.39, 0.29) is 18.4 Å². The number of nitrogens with zero attached hydrogens (tertiary/aromatic N) is 5. The lowest BCUT2D eigenvalue weighted by Crippen LogP contribution is -2.40. The second-order valence-corrected chi connectivity index (χ2v) is 6.40. The van der Waals surface area contributed by atoms with Crippen molar-refractivity contribution in [2.75, 3.05) is 13.1 Å². The fourth-order valence-corrected chi connectivity index (χ4v) is 3.14. The van der Waals surface area contributed by atoms with E-state index in [1.165, 1.54) is 11.0 Å². The minimum atomic E-state index is -0.872. The summed E-state index contributed by atoms with van der Waals surface area (Å²) in [5.74, 6) is -1.05. The van der Waals surface area contributed by atoms with Gasteiger partial charge in [0.05, 0.1) is 11.1 Å². The second-order valence-electron chi connectivity index (χ2n) is 6.40. The number of carbonyl (C=O) groups is 2. The molecule has 0 spiro atoms. The number of hydrogen-bond acceptors (Lipinski definition) is 5. The van der Waals surface area contributed by atoms with Gasteiger partial charge in [0.1, 0.15) is 6.33 Å². The van der Waals surface area contributed by atoms with Crippen LogP contribution in [0.4, 0.5) is 0 Å². The van der Waals surface area contributed by atoms with E-state index in [2.05, 4.69) is 15.5 Å². The van der Waals surface area contributed by atoms with Crippen LogP contribution in [0, 0.1) is 11.3 Å². The van der Waals surface area contributed by atoms with Gasteiger partial charge in [-0.25, -0.2) is 4.68 Å². The number of rotatable bonds is 4. The number of carboxylic acid groups (broad SMARTS) is 1. The molecule has 1 aliphatic heterocycles. The van der Waals surface area contributed by atoms with Gasteiger partial charge in [-0.1, -0.05) is 19.9 Å². The van der Waals surface area contributed by atoms with E-state index in [0.717, 1.165) is 0 Å². The van der Waals surface area contributed by atoms with Crippen molar-refractivity contribution in [3.05, 3.63) is 36.2 Å². The standard InChI is InChI=1S/C16H19N5O3/c1-11(2)16(15(23)24)6-7-20(9-16)14(22)12-4-3-5-13(8-12)21-10-17-18-19-21/h3-5,8,10-11H,6-7,9H2,1-2H3,(H,23,24). The first kappa shape index (κ1) is 16.1. The number of amides is 1. The molecule has 1 aromatic carbocycles. The van der Waals surface area contributed by atoms with Gasteiger partial charge in [0.15, 0.2) is 0 Å². The summed E-state index contributed by atoms with van der Waals surface area (Å²) in [5, 5.41) is 20.6. The molecule has 0 bridgehead atoms. The summed E-state index contributed by atoms with van der Waals surface area (Å²) in [6, 6.07) is 6.97. The Hall–Kier alpha value is -2.77. The van der Waals surface area contributed by atoms with Crippen LogP contribution in [0.2, 0.25) is 0 Å². The molecule has 2 aromatic rings. The molecule has 8 nitrogen and oxygen atoms in total. The summed E-state index contributed by atoms with van der Waals surface area (Å²) < 4.78 is 1.47. The molecule has 126 valence electrons. The van der Waals surface area contributed by atoms with E-state index < -0.39 is 11.4 Å². The number of aliphatic carboxylic acids is 1. The normalized spacial score (nSPS) is 20.5. The van der Waals surface area contributed by atoms with Gasteiger partial charge >= 0.3 is 5.97 Å². The fourth-order valence-electron chi connectivity index (χ4n) is 3.14. The van der Waals surface area contributed by atoms with Crippen LogP contribution in [0.1, 0.15) is 30.6 Å². The third-order valence-corrected chi connectivity index (χ3v) is 4.83. The Bertz CT molecular complexity index is 759. The molecule has 0 saturated carbocycles. The minimum Gasteiger partial charge on any atom is -0.481 e. The van der Waals surface area contributed by atoms with Gasteiger partial charge in [-0.3, -0.25) is 9.59 Å². The third-order valence-electron chi connectivity index (χ3n) is 4.83. The lowest BCUT2D eigenvalue weighted by atomic mass is 9.76. The van der Waals surface area contributed by atoms with Crippen LogP contribution in [0.5, 0.6) is 0 Å². The first-order valence-electron chi connectivity index (χ1n) is 7.80. The molecule has 1 aliphatic rings. The highest BCUT2D eigenvalue weighted by atomic mass is 16.4. The van der Waals surface area contributed by atoms with Gasteiger partial charge in [-0.2, -0.15) is 0 Å². The van der Waals surface area contributed by atoms with Crippen LogP contribution in [0.25, 0.3) is 5.69 Å². The first-order chi connectivity index (χ1) is 11.4. The molecule has 1 N–H and O–H groups in total. The molecule has 1 amide bonds. The van der Waals surface area contributed by atoms with Crippen molar-refractivity contribution in [3.63, 3.8) is 0 Å². The quantitative estimate of drug-likeness (QED) is 0.905. The van der Waals surface area contributed by atoms with Crippen molar-refractivity contribution >= 4 is 11.9 Å². The van der Waals surface area contributed by atoms with Gasteiger partial charge in [0, 0.05) is 18.7 Å². The van der Waals surface area contributed by atoms with E-state index in [1.807, 2.05) is 13.8 Å². The molecule has 3 rings (SSSR count). The first-order valence-corrected chi connectivity index (χ1v) is 7.80. The van der Waals surface area contributed by atoms with Crippen molar-refractivity contribution < 1.29 is 14.7 Å². The van der Waals surface area contributed by atoms with Gasteiger partial charge in [-0.15, -0.1) is 5.10 Å². The molecule has 1 fully saturated rings. The molecule has 1 saturated heterocycles. The maximum atomic E-state index is 12.8. The summed E-state index contributed by atoms with van der Waals surface area (Å²) in [4.78, 5) is 26.1. The Balaban J connectivity index is 1.83. The number of carboxylic acids is 1. The Morgan fingerprint density at radius 1 is 1.33 bits per heavy atom. The van der Waals surface area contributed by atoms with Crippen molar-refractivity contribution in [2.24, 2.45) is 11.3 Å². The minimum absolute atomic E-state index is 0.0413. The number of likely N-dealkylation sites (tertiary alicyclic amines) is 1. The average molecular weight is 329 g/mol. The lowest BCUT2D eigenvalue weighted by Gasteiger charge is -2.28. The molecule has 24 heavy (non-hydrogen) atoms. The van der Waals surface area contributed by atoms with Gasteiger partial charge in [0.2, 0.25) is 0 Å². The molecule has 1 aromatic heterocycles. The Kier molecular flexibility index (Phi) is 4.04. The zero-order chi connectivity index (χ0) is 17.3. The van der Waals surface area contributed by atoms with E-state index in [1.54, 1.807) is 29.2 Å². The fraction of sp³-hybridized carbons (Fsp3) is 0.438. The van der Waals surface area contributed by atoms with Gasteiger partial charge in [0.25, 0.3) is 5.91 Å². The van der Waals surface area contributed by atoms with Crippen molar-refractivity contribution in [3.8, 4) is 5.69 Å². The largest absolute Gasteiger partial charge is 0.481 e. The third kappa shape index (κ3) is 2.64. The summed E-state index contributed by atoms with van der Waals surface area (Å²) in [7, 11) is 0. The van der Waals surface area contributed by atoms with E-state index in [9.17, 15) is 14.7 Å². The average Bonchev–Trinajstić information content (AvgIpc) is 3.24. The predicted octanol–water partition coefficient (Wildman–Crippen LogP) is 1.24. The van der Waals surface area contributed by atoms with Crippen molar-refractivity contribution in [2.45, 2.75) is 20.3 Å². The monoisotopic (exact) mass is 329 g/mol. The van der Waals surface area contributed by atoms with Crippen LogP contribution >= 0.6 is 0 Å².